The fraction of sp³-hybridized carbons (Fsp3) is 0.129. The number of aryl methyl sites for hydroxylation is 1. The summed E-state index contributed by atoms with van der Waals surface area (Å²) in [5.41, 5.74) is 8.24. The van der Waals surface area contributed by atoms with Crippen molar-refractivity contribution >= 4 is 28.7 Å². The Morgan fingerprint density at radius 2 is 1.79 bits per heavy atom. The Morgan fingerprint density at radius 1 is 0.947 bits per heavy atom. The summed E-state index contributed by atoms with van der Waals surface area (Å²) in [6.45, 7) is 11.2. The number of nitrogens with zero attached hydrogens (tertiary/aromatic N) is 4. The standard InChI is InChI=1S/C31H33N7/c1-22-19-28(13-14-29(22)36-31-33-17-15-30(37-31)26-11-7-16-32-21-26)35-24(3)25-10-6-12-27(20-25)34-23(2)9-8-18-38(4)5/h6-17,19-21,34-35H,2-3,18H2,1,4-5H3,(H,33,36,37)/b9-8+. The van der Waals surface area contributed by atoms with Gasteiger partial charge in [0.25, 0.3) is 0 Å². The number of pyridine rings is 1. The maximum atomic E-state index is 4.63. The average Bonchev–Trinajstić information content (AvgIpc) is 2.91. The van der Waals surface area contributed by atoms with Crippen LogP contribution in [0.4, 0.5) is 23.0 Å². The third kappa shape index (κ3) is 7.38. The van der Waals surface area contributed by atoms with Crippen LogP contribution < -0.4 is 16.0 Å². The highest BCUT2D eigenvalue weighted by Crippen LogP contribution is 2.26. The van der Waals surface area contributed by atoms with E-state index in [9.17, 15) is 0 Å². The number of benzene rings is 2. The van der Waals surface area contributed by atoms with E-state index in [0.717, 1.165) is 57.4 Å². The van der Waals surface area contributed by atoms with Crippen molar-refractivity contribution in [3.8, 4) is 11.3 Å². The molecule has 7 nitrogen and oxygen atoms in total. The first-order valence-electron chi connectivity index (χ1n) is 12.3. The van der Waals surface area contributed by atoms with Gasteiger partial charge in [-0.3, -0.25) is 4.98 Å². The molecule has 2 aromatic carbocycles. The Labute approximate surface area is 224 Å². The van der Waals surface area contributed by atoms with E-state index in [0.29, 0.717) is 5.95 Å². The van der Waals surface area contributed by atoms with Gasteiger partial charge >= 0.3 is 0 Å². The number of allylic oxidation sites excluding steroid dienone is 1. The van der Waals surface area contributed by atoms with Crippen molar-refractivity contribution in [1.29, 1.82) is 0 Å². The van der Waals surface area contributed by atoms with Gasteiger partial charge in [0.2, 0.25) is 5.95 Å². The lowest BCUT2D eigenvalue weighted by Gasteiger charge is -2.15. The SMILES string of the molecule is C=C(/C=C/CN(C)C)Nc1cccc(C(=C)Nc2ccc(Nc3nccc(-c4cccnc4)n3)c(C)c2)c1. The Balaban J connectivity index is 1.40. The molecule has 0 saturated heterocycles. The van der Waals surface area contributed by atoms with Crippen molar-refractivity contribution in [2.75, 3.05) is 36.6 Å². The van der Waals surface area contributed by atoms with E-state index in [4.69, 9.17) is 0 Å². The summed E-state index contributed by atoms with van der Waals surface area (Å²) in [6.07, 6.45) is 9.33. The molecule has 2 aromatic heterocycles. The van der Waals surface area contributed by atoms with Gasteiger partial charge in [0.1, 0.15) is 0 Å². The van der Waals surface area contributed by atoms with Crippen LogP contribution >= 0.6 is 0 Å². The highest BCUT2D eigenvalue weighted by molar-refractivity contribution is 5.78. The molecule has 0 aliphatic rings. The minimum Gasteiger partial charge on any atom is -0.356 e. The van der Waals surface area contributed by atoms with Gasteiger partial charge in [0, 0.05) is 59.2 Å². The second-order valence-electron chi connectivity index (χ2n) is 9.16. The highest BCUT2D eigenvalue weighted by Gasteiger charge is 2.07. The Morgan fingerprint density at radius 3 is 2.55 bits per heavy atom. The van der Waals surface area contributed by atoms with Crippen LogP contribution in [0.25, 0.3) is 17.0 Å². The number of rotatable bonds is 11. The normalized spacial score (nSPS) is 10.9. The quantitative estimate of drug-likeness (QED) is 0.196. The monoisotopic (exact) mass is 503 g/mol. The van der Waals surface area contributed by atoms with Crippen LogP contribution in [0.3, 0.4) is 0 Å². The molecule has 0 aliphatic carbocycles. The Kier molecular flexibility index (Phi) is 8.64. The molecule has 4 aromatic rings. The second-order valence-corrected chi connectivity index (χ2v) is 9.16. The second kappa shape index (κ2) is 12.5. The smallest absolute Gasteiger partial charge is 0.227 e. The largest absolute Gasteiger partial charge is 0.356 e. The topological polar surface area (TPSA) is 78.0 Å². The van der Waals surface area contributed by atoms with Crippen molar-refractivity contribution in [2.45, 2.75) is 6.92 Å². The van der Waals surface area contributed by atoms with Crippen LogP contribution in [0.5, 0.6) is 0 Å². The predicted molar refractivity (Wildman–Crippen MR) is 159 cm³/mol. The number of likely N-dealkylation sites (N-methyl/N-ethyl adjacent to an activating group) is 1. The number of hydrogen-bond acceptors (Lipinski definition) is 7. The zero-order valence-corrected chi connectivity index (χ0v) is 22.1. The maximum absolute atomic E-state index is 4.63. The highest BCUT2D eigenvalue weighted by atomic mass is 15.1. The molecular formula is C31H33N7. The minimum absolute atomic E-state index is 0.530. The van der Waals surface area contributed by atoms with Crippen molar-refractivity contribution in [3.63, 3.8) is 0 Å². The fourth-order valence-corrected chi connectivity index (χ4v) is 3.76. The first-order chi connectivity index (χ1) is 18.4. The lowest BCUT2D eigenvalue weighted by Crippen LogP contribution is -2.10. The third-order valence-electron chi connectivity index (χ3n) is 5.69. The molecule has 2 heterocycles. The molecule has 0 saturated carbocycles. The molecule has 0 unspecified atom stereocenters. The lowest BCUT2D eigenvalue weighted by molar-refractivity contribution is 0.456. The van der Waals surface area contributed by atoms with Crippen LogP contribution in [-0.2, 0) is 0 Å². The summed E-state index contributed by atoms with van der Waals surface area (Å²) < 4.78 is 0. The molecule has 0 atom stereocenters. The third-order valence-corrected chi connectivity index (χ3v) is 5.69. The molecule has 0 bridgehead atoms. The summed E-state index contributed by atoms with van der Waals surface area (Å²) in [6, 6.07) is 19.9. The molecular weight excluding hydrogens is 470 g/mol. The number of nitrogens with one attached hydrogen (secondary N) is 3. The van der Waals surface area contributed by atoms with Gasteiger partial charge < -0.3 is 20.9 Å². The van der Waals surface area contributed by atoms with Crippen LogP contribution in [0.2, 0.25) is 0 Å². The van der Waals surface area contributed by atoms with E-state index >= 15 is 0 Å². The predicted octanol–water partition coefficient (Wildman–Crippen LogP) is 6.72. The molecule has 4 rings (SSSR count). The molecule has 0 fully saturated rings. The molecule has 0 spiro atoms. The van der Waals surface area contributed by atoms with E-state index in [1.54, 1.807) is 18.6 Å². The van der Waals surface area contributed by atoms with Gasteiger partial charge in [0.15, 0.2) is 0 Å². The molecule has 0 amide bonds. The maximum Gasteiger partial charge on any atom is 0.227 e. The molecule has 3 N–H and O–H groups in total. The fourth-order valence-electron chi connectivity index (χ4n) is 3.76. The number of anilines is 4. The van der Waals surface area contributed by atoms with E-state index in [1.807, 2.05) is 75.6 Å². The molecule has 38 heavy (non-hydrogen) atoms. The summed E-state index contributed by atoms with van der Waals surface area (Å²) in [5.74, 6) is 0.530. The number of aromatic nitrogens is 3. The van der Waals surface area contributed by atoms with Gasteiger partial charge in [-0.1, -0.05) is 31.4 Å². The van der Waals surface area contributed by atoms with E-state index < -0.39 is 0 Å². The molecule has 0 radical (unpaired) electrons. The van der Waals surface area contributed by atoms with E-state index in [2.05, 4.69) is 67.2 Å². The van der Waals surface area contributed by atoms with Gasteiger partial charge in [-0.2, -0.15) is 0 Å². The summed E-state index contributed by atoms with van der Waals surface area (Å²) in [4.78, 5) is 15.3. The van der Waals surface area contributed by atoms with Gasteiger partial charge in [-0.25, -0.2) is 9.97 Å². The van der Waals surface area contributed by atoms with Gasteiger partial charge in [0.05, 0.1) is 5.69 Å². The number of hydrogen-bond donors (Lipinski definition) is 3. The zero-order valence-electron chi connectivity index (χ0n) is 22.1. The van der Waals surface area contributed by atoms with Crippen molar-refractivity contribution < 1.29 is 0 Å². The van der Waals surface area contributed by atoms with Crippen LogP contribution in [0.15, 0.2) is 110 Å². The molecule has 0 aliphatic heterocycles. The van der Waals surface area contributed by atoms with Gasteiger partial charge in [-0.05, 0) is 86.8 Å². The first kappa shape index (κ1) is 26.3. The minimum atomic E-state index is 0.530. The van der Waals surface area contributed by atoms with Crippen molar-refractivity contribution in [3.05, 3.63) is 121 Å². The first-order valence-corrected chi connectivity index (χ1v) is 12.3. The van der Waals surface area contributed by atoms with Gasteiger partial charge in [-0.15, -0.1) is 0 Å². The molecule has 192 valence electrons. The van der Waals surface area contributed by atoms with Crippen molar-refractivity contribution in [1.82, 2.24) is 19.9 Å². The summed E-state index contributed by atoms with van der Waals surface area (Å²) >= 11 is 0. The zero-order chi connectivity index (χ0) is 26.9. The van der Waals surface area contributed by atoms with Crippen LogP contribution in [0.1, 0.15) is 11.1 Å². The average molecular weight is 504 g/mol. The lowest BCUT2D eigenvalue weighted by atomic mass is 10.1. The Hall–Kier alpha value is -4.75. The van der Waals surface area contributed by atoms with E-state index in [-0.39, 0.29) is 0 Å². The molecule has 7 heteroatoms. The van der Waals surface area contributed by atoms with Crippen molar-refractivity contribution in [2.24, 2.45) is 0 Å². The van der Waals surface area contributed by atoms with E-state index in [1.165, 1.54) is 0 Å². The summed E-state index contributed by atoms with van der Waals surface area (Å²) in [7, 11) is 4.07. The summed E-state index contributed by atoms with van der Waals surface area (Å²) in [5, 5.41) is 10.1. The van der Waals surface area contributed by atoms with Crippen LogP contribution in [-0.4, -0.2) is 40.5 Å². The van der Waals surface area contributed by atoms with Crippen LogP contribution in [0, 0.1) is 6.92 Å². The Bertz CT molecular complexity index is 1440.